The Labute approximate surface area is 81.7 Å². The van der Waals surface area contributed by atoms with E-state index in [9.17, 15) is 0 Å². The Morgan fingerprint density at radius 3 is 1.92 bits per heavy atom. The van der Waals surface area contributed by atoms with Gasteiger partial charge in [0.05, 0.1) is 0 Å². The SMILES string of the molecule is CO[Si](CCC(C)CN)(OC)OC. The van der Waals surface area contributed by atoms with Crippen LogP contribution in [0.25, 0.3) is 0 Å². The second-order valence-corrected chi connectivity index (χ2v) is 6.27. The Hall–Kier alpha value is 0.0569. The standard InChI is InChI=1S/C8H21NO3Si/c1-8(7-9)5-6-13(10-2,11-3)12-4/h8H,5-7,9H2,1-4H3. The maximum Gasteiger partial charge on any atom is 0.500 e. The Balaban J connectivity index is 3.95. The normalized spacial score (nSPS) is 14.5. The minimum absolute atomic E-state index is 0.493. The van der Waals surface area contributed by atoms with E-state index in [1.807, 2.05) is 0 Å². The summed E-state index contributed by atoms with van der Waals surface area (Å²) in [5.41, 5.74) is 5.52. The van der Waals surface area contributed by atoms with Crippen LogP contribution in [0.3, 0.4) is 0 Å². The topological polar surface area (TPSA) is 53.7 Å². The minimum atomic E-state index is -2.35. The first-order valence-electron chi connectivity index (χ1n) is 4.49. The fourth-order valence-corrected chi connectivity index (χ4v) is 3.06. The molecule has 0 rings (SSSR count). The van der Waals surface area contributed by atoms with E-state index in [0.717, 1.165) is 12.5 Å². The zero-order valence-electron chi connectivity index (χ0n) is 9.00. The lowest BCUT2D eigenvalue weighted by atomic mass is 10.1. The van der Waals surface area contributed by atoms with Crippen LogP contribution in [0.4, 0.5) is 0 Å². The fraction of sp³-hybridized carbons (Fsp3) is 1.00. The zero-order chi connectivity index (χ0) is 10.3. The molecular weight excluding hydrogens is 186 g/mol. The smallest absolute Gasteiger partial charge is 0.377 e. The van der Waals surface area contributed by atoms with Crippen LogP contribution in [0.5, 0.6) is 0 Å². The van der Waals surface area contributed by atoms with Gasteiger partial charge in [-0.25, -0.2) is 0 Å². The quantitative estimate of drug-likeness (QED) is 0.629. The summed E-state index contributed by atoms with van der Waals surface area (Å²) in [6.45, 7) is 2.81. The van der Waals surface area contributed by atoms with E-state index in [1.165, 1.54) is 0 Å². The summed E-state index contributed by atoms with van der Waals surface area (Å²) in [6, 6.07) is 0.828. The molecule has 0 amide bonds. The molecule has 2 N–H and O–H groups in total. The van der Waals surface area contributed by atoms with E-state index in [4.69, 9.17) is 19.0 Å². The predicted octanol–water partition coefficient (Wildman–Crippen LogP) is 0.849. The molecule has 0 saturated heterocycles. The highest BCUT2D eigenvalue weighted by Gasteiger charge is 2.37. The van der Waals surface area contributed by atoms with E-state index in [-0.39, 0.29) is 0 Å². The van der Waals surface area contributed by atoms with Crippen LogP contribution in [0, 0.1) is 5.92 Å². The summed E-state index contributed by atoms with van der Waals surface area (Å²) in [5.74, 6) is 0.493. The van der Waals surface area contributed by atoms with E-state index in [0.29, 0.717) is 12.5 Å². The van der Waals surface area contributed by atoms with Crippen molar-refractivity contribution in [3.63, 3.8) is 0 Å². The minimum Gasteiger partial charge on any atom is -0.377 e. The Kier molecular flexibility index (Phi) is 6.53. The van der Waals surface area contributed by atoms with Crippen molar-refractivity contribution in [2.75, 3.05) is 27.9 Å². The van der Waals surface area contributed by atoms with Gasteiger partial charge in [-0.15, -0.1) is 0 Å². The lowest BCUT2D eigenvalue weighted by molar-refractivity contribution is 0.121. The number of nitrogens with two attached hydrogens (primary N) is 1. The molecule has 0 aromatic heterocycles. The number of hydrogen-bond donors (Lipinski definition) is 1. The van der Waals surface area contributed by atoms with E-state index in [1.54, 1.807) is 21.3 Å². The maximum atomic E-state index is 5.52. The highest BCUT2D eigenvalue weighted by atomic mass is 28.4. The number of rotatable bonds is 7. The van der Waals surface area contributed by atoms with Crippen molar-refractivity contribution < 1.29 is 13.3 Å². The molecule has 0 bridgehead atoms. The lowest BCUT2D eigenvalue weighted by Gasteiger charge is -2.25. The Morgan fingerprint density at radius 2 is 1.62 bits per heavy atom. The molecule has 13 heavy (non-hydrogen) atoms. The lowest BCUT2D eigenvalue weighted by Crippen LogP contribution is -2.43. The van der Waals surface area contributed by atoms with E-state index >= 15 is 0 Å². The van der Waals surface area contributed by atoms with Crippen LogP contribution < -0.4 is 5.73 Å². The molecule has 0 aromatic carbocycles. The summed E-state index contributed by atoms with van der Waals surface area (Å²) in [7, 11) is 2.54. The third-order valence-electron chi connectivity index (χ3n) is 2.28. The van der Waals surface area contributed by atoms with Gasteiger partial charge in [-0.05, 0) is 18.9 Å². The van der Waals surface area contributed by atoms with Crippen molar-refractivity contribution in [1.29, 1.82) is 0 Å². The molecule has 0 radical (unpaired) electrons. The van der Waals surface area contributed by atoms with Crippen molar-refractivity contribution >= 4 is 8.80 Å². The summed E-state index contributed by atoms with van der Waals surface area (Å²) in [5, 5.41) is 0. The first-order valence-corrected chi connectivity index (χ1v) is 6.42. The molecule has 0 spiro atoms. The molecule has 0 fully saturated rings. The van der Waals surface area contributed by atoms with Crippen molar-refractivity contribution in [3.8, 4) is 0 Å². The Bertz CT molecular complexity index is 122. The number of hydrogen-bond acceptors (Lipinski definition) is 4. The van der Waals surface area contributed by atoms with Crippen molar-refractivity contribution in [3.05, 3.63) is 0 Å². The van der Waals surface area contributed by atoms with Crippen molar-refractivity contribution in [2.45, 2.75) is 19.4 Å². The summed E-state index contributed by atoms with van der Waals surface area (Å²) >= 11 is 0. The van der Waals surface area contributed by atoms with Gasteiger partial charge in [-0.1, -0.05) is 6.92 Å². The second kappa shape index (κ2) is 6.50. The van der Waals surface area contributed by atoms with Gasteiger partial charge in [0.15, 0.2) is 0 Å². The highest BCUT2D eigenvalue weighted by molar-refractivity contribution is 6.60. The molecule has 1 unspecified atom stereocenters. The van der Waals surface area contributed by atoms with E-state index in [2.05, 4.69) is 6.92 Å². The van der Waals surface area contributed by atoms with Crippen LogP contribution in [-0.2, 0) is 13.3 Å². The van der Waals surface area contributed by atoms with Crippen LogP contribution in [0.15, 0.2) is 0 Å². The van der Waals surface area contributed by atoms with Crippen LogP contribution >= 0.6 is 0 Å². The van der Waals surface area contributed by atoms with Crippen LogP contribution in [0.2, 0.25) is 6.04 Å². The molecule has 0 aromatic rings. The third-order valence-corrected chi connectivity index (χ3v) is 5.05. The first kappa shape index (κ1) is 13.1. The zero-order valence-corrected chi connectivity index (χ0v) is 10.0. The molecular formula is C8H21NO3Si. The molecule has 5 heteroatoms. The second-order valence-electron chi connectivity index (χ2n) is 3.17. The molecule has 80 valence electrons. The largest absolute Gasteiger partial charge is 0.500 e. The maximum absolute atomic E-state index is 5.52. The average molecular weight is 207 g/mol. The van der Waals surface area contributed by atoms with Gasteiger partial charge in [-0.3, -0.25) is 0 Å². The van der Waals surface area contributed by atoms with Gasteiger partial charge in [0.1, 0.15) is 0 Å². The monoisotopic (exact) mass is 207 g/mol. The molecule has 1 atom stereocenters. The summed E-state index contributed by atoms with van der Waals surface area (Å²) < 4.78 is 15.9. The van der Waals surface area contributed by atoms with Gasteiger partial charge in [0, 0.05) is 27.4 Å². The van der Waals surface area contributed by atoms with Crippen LogP contribution in [0.1, 0.15) is 13.3 Å². The van der Waals surface area contributed by atoms with Gasteiger partial charge < -0.3 is 19.0 Å². The highest BCUT2D eigenvalue weighted by Crippen LogP contribution is 2.18. The first-order chi connectivity index (χ1) is 6.14. The Morgan fingerprint density at radius 1 is 1.15 bits per heavy atom. The molecule has 0 heterocycles. The summed E-state index contributed by atoms with van der Waals surface area (Å²) in [6.07, 6.45) is 0.984. The molecule has 4 nitrogen and oxygen atoms in total. The van der Waals surface area contributed by atoms with Gasteiger partial charge in [-0.2, -0.15) is 0 Å². The third kappa shape index (κ3) is 4.19. The van der Waals surface area contributed by atoms with Gasteiger partial charge >= 0.3 is 8.80 Å². The van der Waals surface area contributed by atoms with Crippen molar-refractivity contribution in [1.82, 2.24) is 0 Å². The molecule has 0 saturated carbocycles. The van der Waals surface area contributed by atoms with Crippen LogP contribution in [-0.4, -0.2) is 36.7 Å². The molecule has 0 aliphatic rings. The molecule has 0 aliphatic carbocycles. The van der Waals surface area contributed by atoms with Gasteiger partial charge in [0.25, 0.3) is 0 Å². The van der Waals surface area contributed by atoms with E-state index < -0.39 is 8.80 Å². The van der Waals surface area contributed by atoms with Gasteiger partial charge in [0.2, 0.25) is 0 Å². The predicted molar refractivity (Wildman–Crippen MR) is 54.4 cm³/mol. The summed E-state index contributed by atoms with van der Waals surface area (Å²) in [4.78, 5) is 0. The average Bonchev–Trinajstić information content (AvgIpc) is 2.20. The molecule has 0 aliphatic heterocycles. The fourth-order valence-electron chi connectivity index (χ4n) is 1.10. The van der Waals surface area contributed by atoms with Crippen molar-refractivity contribution in [2.24, 2.45) is 11.7 Å².